The Bertz CT molecular complexity index is 1080. The van der Waals surface area contributed by atoms with E-state index in [0.29, 0.717) is 19.3 Å². The molecule has 3 aromatic rings. The van der Waals surface area contributed by atoms with Crippen LogP contribution >= 0.6 is 11.6 Å². The minimum Gasteiger partial charge on any atom is -0.378 e. The third-order valence-electron chi connectivity index (χ3n) is 6.44. The van der Waals surface area contributed by atoms with Crippen molar-refractivity contribution in [3.05, 3.63) is 82.0 Å². The normalized spacial score (nSPS) is 17.3. The minimum atomic E-state index is -0.0481. The molecule has 1 N–H and O–H groups in total. The van der Waals surface area contributed by atoms with Crippen LogP contribution in [0.4, 0.5) is 11.8 Å². The summed E-state index contributed by atoms with van der Waals surface area (Å²) in [6.45, 7) is 9.19. The van der Waals surface area contributed by atoms with Gasteiger partial charge in [0.1, 0.15) is 5.82 Å². The summed E-state index contributed by atoms with van der Waals surface area (Å²) in [5.41, 5.74) is 4.63. The number of rotatable bonds is 6. The fourth-order valence-corrected chi connectivity index (χ4v) is 4.58. The molecule has 0 saturated carbocycles. The van der Waals surface area contributed by atoms with Gasteiger partial charge in [-0.1, -0.05) is 54.1 Å². The van der Waals surface area contributed by atoms with E-state index in [2.05, 4.69) is 65.4 Å². The second-order valence-electron chi connectivity index (χ2n) is 8.94. The van der Waals surface area contributed by atoms with E-state index in [4.69, 9.17) is 26.3 Å². The van der Waals surface area contributed by atoms with Crippen LogP contribution in [-0.2, 0) is 17.8 Å². The first-order valence-corrected chi connectivity index (χ1v) is 12.0. The van der Waals surface area contributed by atoms with Crippen LogP contribution in [0.15, 0.2) is 54.6 Å². The molecule has 1 fully saturated rings. The molecule has 1 saturated heterocycles. The molecular formula is C26H30ClN5O. The molecule has 33 heavy (non-hydrogen) atoms. The van der Waals surface area contributed by atoms with Gasteiger partial charge >= 0.3 is 0 Å². The monoisotopic (exact) mass is 463 g/mol. The number of morpholine rings is 1. The Hall–Kier alpha value is -2.67. The summed E-state index contributed by atoms with van der Waals surface area (Å²) in [5.74, 6) is 1.70. The number of anilines is 2. The number of aromatic nitrogens is 2. The van der Waals surface area contributed by atoms with Crippen LogP contribution in [0.1, 0.15) is 42.3 Å². The molecular weight excluding hydrogens is 434 g/mol. The molecule has 7 heteroatoms. The number of hydrogen-bond acceptors (Lipinski definition) is 6. The third kappa shape index (κ3) is 4.83. The molecule has 0 bridgehead atoms. The molecule has 172 valence electrons. The van der Waals surface area contributed by atoms with Crippen molar-refractivity contribution in [3.63, 3.8) is 0 Å². The SMILES string of the molecule is CC(C)N1Cc2nc(N3CCOCC3)nc(NC(c3ccccc3)c3ccc(Cl)cc3)c2C1. The first kappa shape index (κ1) is 22.1. The van der Waals surface area contributed by atoms with E-state index in [-0.39, 0.29) is 6.04 Å². The van der Waals surface area contributed by atoms with Crippen LogP contribution in [0.2, 0.25) is 5.02 Å². The standard InChI is InChI=1S/C26H30ClN5O/c1-18(2)32-16-22-23(17-32)28-26(31-12-14-33-15-13-31)30-25(22)29-24(19-6-4-3-5-7-19)20-8-10-21(27)11-9-20/h3-11,18,24H,12-17H2,1-2H3,(H,28,29,30). The van der Waals surface area contributed by atoms with Gasteiger partial charge in [-0.05, 0) is 37.1 Å². The molecule has 3 heterocycles. The Morgan fingerprint density at radius 2 is 1.61 bits per heavy atom. The van der Waals surface area contributed by atoms with E-state index < -0.39 is 0 Å². The lowest BCUT2D eigenvalue weighted by atomic mass is 9.98. The average Bonchev–Trinajstić information content (AvgIpc) is 3.29. The zero-order valence-electron chi connectivity index (χ0n) is 19.2. The molecule has 5 rings (SSSR count). The smallest absolute Gasteiger partial charge is 0.227 e. The number of halogens is 1. The molecule has 6 nitrogen and oxygen atoms in total. The number of hydrogen-bond donors (Lipinski definition) is 1. The van der Waals surface area contributed by atoms with Crippen LogP contribution in [-0.4, -0.2) is 47.2 Å². The number of nitrogens with one attached hydrogen (secondary N) is 1. The van der Waals surface area contributed by atoms with E-state index in [1.165, 1.54) is 11.1 Å². The highest BCUT2D eigenvalue weighted by molar-refractivity contribution is 6.30. The van der Waals surface area contributed by atoms with Gasteiger partial charge in [-0.2, -0.15) is 4.98 Å². The van der Waals surface area contributed by atoms with Crippen molar-refractivity contribution < 1.29 is 4.74 Å². The van der Waals surface area contributed by atoms with Crippen molar-refractivity contribution in [2.75, 3.05) is 36.5 Å². The predicted octanol–water partition coefficient (Wildman–Crippen LogP) is 4.89. The zero-order chi connectivity index (χ0) is 22.8. The maximum absolute atomic E-state index is 6.19. The first-order valence-electron chi connectivity index (χ1n) is 11.6. The first-order chi connectivity index (χ1) is 16.1. The largest absolute Gasteiger partial charge is 0.378 e. The van der Waals surface area contributed by atoms with Crippen LogP contribution in [0.5, 0.6) is 0 Å². The third-order valence-corrected chi connectivity index (χ3v) is 6.69. The van der Waals surface area contributed by atoms with Gasteiger partial charge in [0.2, 0.25) is 5.95 Å². The van der Waals surface area contributed by atoms with Crippen molar-refractivity contribution in [1.29, 1.82) is 0 Å². The van der Waals surface area contributed by atoms with Gasteiger partial charge in [0, 0.05) is 42.8 Å². The Morgan fingerprint density at radius 3 is 2.30 bits per heavy atom. The second-order valence-corrected chi connectivity index (χ2v) is 9.37. The molecule has 1 aromatic heterocycles. The maximum atomic E-state index is 6.19. The molecule has 0 amide bonds. The van der Waals surface area contributed by atoms with E-state index in [9.17, 15) is 0 Å². The summed E-state index contributed by atoms with van der Waals surface area (Å²) >= 11 is 6.19. The summed E-state index contributed by atoms with van der Waals surface area (Å²) in [5, 5.41) is 4.52. The summed E-state index contributed by atoms with van der Waals surface area (Å²) in [4.78, 5) is 14.7. The second kappa shape index (κ2) is 9.67. The Labute approximate surface area is 200 Å². The van der Waals surface area contributed by atoms with Crippen molar-refractivity contribution >= 4 is 23.4 Å². The highest BCUT2D eigenvalue weighted by atomic mass is 35.5. The van der Waals surface area contributed by atoms with Crippen LogP contribution < -0.4 is 10.2 Å². The van der Waals surface area contributed by atoms with Gasteiger partial charge in [0.15, 0.2) is 0 Å². The molecule has 1 atom stereocenters. The van der Waals surface area contributed by atoms with E-state index in [1.54, 1.807) is 0 Å². The Balaban J connectivity index is 1.56. The molecule has 0 spiro atoms. The molecule has 0 aliphatic carbocycles. The minimum absolute atomic E-state index is 0.0481. The highest BCUT2D eigenvalue weighted by Gasteiger charge is 2.29. The van der Waals surface area contributed by atoms with Crippen molar-refractivity contribution in [2.45, 2.75) is 39.0 Å². The van der Waals surface area contributed by atoms with Gasteiger partial charge in [0.05, 0.1) is 24.9 Å². The molecule has 0 radical (unpaired) electrons. The number of fused-ring (bicyclic) bond motifs is 1. The zero-order valence-corrected chi connectivity index (χ0v) is 19.9. The summed E-state index contributed by atoms with van der Waals surface area (Å²) < 4.78 is 5.55. The molecule has 1 unspecified atom stereocenters. The van der Waals surface area contributed by atoms with Crippen LogP contribution in [0.25, 0.3) is 0 Å². The summed E-state index contributed by atoms with van der Waals surface area (Å²) in [7, 11) is 0. The Morgan fingerprint density at radius 1 is 0.909 bits per heavy atom. The van der Waals surface area contributed by atoms with Gasteiger partial charge < -0.3 is 15.0 Å². The van der Waals surface area contributed by atoms with E-state index in [1.807, 2.05) is 18.2 Å². The predicted molar refractivity (Wildman–Crippen MR) is 133 cm³/mol. The lowest BCUT2D eigenvalue weighted by Gasteiger charge is -2.28. The van der Waals surface area contributed by atoms with Crippen molar-refractivity contribution in [3.8, 4) is 0 Å². The lowest BCUT2D eigenvalue weighted by molar-refractivity contribution is 0.122. The molecule has 2 aliphatic heterocycles. The van der Waals surface area contributed by atoms with Crippen molar-refractivity contribution in [2.24, 2.45) is 0 Å². The van der Waals surface area contributed by atoms with Crippen LogP contribution in [0, 0.1) is 0 Å². The summed E-state index contributed by atoms with van der Waals surface area (Å²) in [6.07, 6.45) is 0. The Kier molecular flexibility index (Phi) is 6.49. The number of nitrogens with zero attached hydrogens (tertiary/aromatic N) is 4. The average molecular weight is 464 g/mol. The lowest BCUT2D eigenvalue weighted by Crippen LogP contribution is -2.37. The van der Waals surface area contributed by atoms with Crippen LogP contribution in [0.3, 0.4) is 0 Å². The van der Waals surface area contributed by atoms with Gasteiger partial charge in [0.25, 0.3) is 0 Å². The topological polar surface area (TPSA) is 53.5 Å². The fourth-order valence-electron chi connectivity index (χ4n) is 4.45. The maximum Gasteiger partial charge on any atom is 0.227 e. The molecule has 2 aromatic carbocycles. The van der Waals surface area contributed by atoms with Gasteiger partial charge in [-0.3, -0.25) is 4.90 Å². The molecule has 2 aliphatic rings. The van der Waals surface area contributed by atoms with E-state index >= 15 is 0 Å². The fraction of sp³-hybridized carbons (Fsp3) is 0.385. The number of benzene rings is 2. The quantitative estimate of drug-likeness (QED) is 0.561. The van der Waals surface area contributed by atoms with Gasteiger partial charge in [-0.25, -0.2) is 4.98 Å². The summed E-state index contributed by atoms with van der Waals surface area (Å²) in [6, 6.07) is 18.9. The highest BCUT2D eigenvalue weighted by Crippen LogP contribution is 2.34. The van der Waals surface area contributed by atoms with Crippen molar-refractivity contribution in [1.82, 2.24) is 14.9 Å². The van der Waals surface area contributed by atoms with E-state index in [0.717, 1.165) is 54.2 Å². The van der Waals surface area contributed by atoms with Gasteiger partial charge in [-0.15, -0.1) is 0 Å². The number of ether oxygens (including phenoxy) is 1.